The van der Waals surface area contributed by atoms with Crippen molar-refractivity contribution in [2.75, 3.05) is 23.4 Å². The number of halogens is 2. The highest BCUT2D eigenvalue weighted by Crippen LogP contribution is 2.31. The summed E-state index contributed by atoms with van der Waals surface area (Å²) in [4.78, 5) is 52.9. The van der Waals surface area contributed by atoms with Crippen LogP contribution in [0.1, 0.15) is 28.9 Å². The van der Waals surface area contributed by atoms with Crippen molar-refractivity contribution < 1.29 is 24.6 Å². The Hall–Kier alpha value is -3.97. The number of carboxylic acid groups (broad SMARTS) is 2. The number of fused-ring (bicyclic) bond motifs is 1. The lowest BCUT2D eigenvalue weighted by Gasteiger charge is -2.21. The zero-order valence-electron chi connectivity index (χ0n) is 18.2. The smallest absolute Gasteiger partial charge is 0.326 e. The Labute approximate surface area is 208 Å². The van der Waals surface area contributed by atoms with Crippen molar-refractivity contribution in [2.24, 2.45) is 0 Å². The summed E-state index contributed by atoms with van der Waals surface area (Å²) in [5.74, 6) is -3.34. The van der Waals surface area contributed by atoms with Crippen molar-refractivity contribution in [1.82, 2.24) is 25.3 Å². The first-order valence-corrected chi connectivity index (χ1v) is 10.7. The van der Waals surface area contributed by atoms with Gasteiger partial charge in [-0.15, -0.1) is 0 Å². The number of anilines is 3. The number of nitrogen functional groups attached to an aromatic ring is 2. The van der Waals surface area contributed by atoms with Crippen LogP contribution in [0.4, 0.5) is 17.5 Å². The first kappa shape index (κ1) is 25.6. The van der Waals surface area contributed by atoms with Crippen molar-refractivity contribution in [3.05, 3.63) is 39.6 Å². The number of nitrogens with two attached hydrogens (primary N) is 2. The minimum Gasteiger partial charge on any atom is -0.481 e. The molecule has 1 aromatic carbocycles. The van der Waals surface area contributed by atoms with Crippen molar-refractivity contribution in [1.29, 1.82) is 0 Å². The number of rotatable bonds is 9. The number of amides is 1. The molecule has 2 heterocycles. The number of aromatic nitrogens is 4. The second kappa shape index (κ2) is 10.5. The third kappa shape index (κ3) is 6.13. The lowest BCUT2D eigenvalue weighted by molar-refractivity contribution is -0.140. The summed E-state index contributed by atoms with van der Waals surface area (Å²) in [5.41, 5.74) is 12.9. The number of carbonyl (C=O) groups excluding carboxylic acids is 1. The summed E-state index contributed by atoms with van der Waals surface area (Å²) in [6.07, 6.45) is 0.756. The monoisotopic (exact) mass is 522 g/mol. The number of hydrogen-bond acceptors (Lipinski definition) is 10. The molecule has 0 saturated heterocycles. The highest BCUT2D eigenvalue weighted by atomic mass is 35.5. The molecule has 13 nitrogen and oxygen atoms in total. The van der Waals surface area contributed by atoms with Crippen molar-refractivity contribution >= 4 is 69.7 Å². The standard InChI is InChI=1S/C20H20Cl2N8O5/c1-30(7-8-6-25-17-15(26-8)16(23)28-20(24)29-17)9-4-10(21)14(11(22)5-9)18(33)27-12(19(34)35)2-3-13(31)32/h4-6,12H,2-3,7H2,1H3,(H,27,33)(H,31,32)(H,34,35)(H4,23,24,25,28,29)/t12-/m0/s1. The zero-order chi connectivity index (χ0) is 25.9. The Morgan fingerprint density at radius 1 is 1.11 bits per heavy atom. The van der Waals surface area contributed by atoms with E-state index in [2.05, 4.69) is 25.3 Å². The van der Waals surface area contributed by atoms with E-state index in [0.29, 0.717) is 16.9 Å². The van der Waals surface area contributed by atoms with Gasteiger partial charge in [-0.3, -0.25) is 9.59 Å². The molecule has 1 amide bonds. The molecule has 15 heteroatoms. The number of benzene rings is 1. The van der Waals surface area contributed by atoms with Gasteiger partial charge in [0.2, 0.25) is 5.95 Å². The van der Waals surface area contributed by atoms with Crippen LogP contribution in [0.5, 0.6) is 0 Å². The number of hydrogen-bond donors (Lipinski definition) is 5. The van der Waals surface area contributed by atoms with Crippen molar-refractivity contribution in [3.8, 4) is 0 Å². The molecular weight excluding hydrogens is 503 g/mol. The van der Waals surface area contributed by atoms with Gasteiger partial charge in [0.1, 0.15) is 6.04 Å². The van der Waals surface area contributed by atoms with Crippen LogP contribution in [0.25, 0.3) is 11.2 Å². The van der Waals surface area contributed by atoms with Gasteiger partial charge >= 0.3 is 11.9 Å². The van der Waals surface area contributed by atoms with E-state index in [-0.39, 0.29) is 46.0 Å². The molecule has 3 rings (SSSR count). The normalized spacial score (nSPS) is 11.7. The van der Waals surface area contributed by atoms with Gasteiger partial charge in [0.05, 0.1) is 34.0 Å². The lowest BCUT2D eigenvalue weighted by Crippen LogP contribution is -2.41. The fourth-order valence-corrected chi connectivity index (χ4v) is 3.79. The third-order valence-corrected chi connectivity index (χ3v) is 5.44. The topological polar surface area (TPSA) is 211 Å². The molecule has 2 aromatic heterocycles. The summed E-state index contributed by atoms with van der Waals surface area (Å²) in [6, 6.07) is 1.52. The van der Waals surface area contributed by atoms with Gasteiger partial charge in [0.25, 0.3) is 5.91 Å². The molecule has 0 fully saturated rings. The molecule has 0 aliphatic heterocycles. The number of aliphatic carboxylic acids is 2. The Balaban J connectivity index is 1.79. The van der Waals surface area contributed by atoms with Gasteiger partial charge in [-0.2, -0.15) is 9.97 Å². The van der Waals surface area contributed by atoms with Crippen LogP contribution in [-0.2, 0) is 16.1 Å². The van der Waals surface area contributed by atoms with E-state index >= 15 is 0 Å². The summed E-state index contributed by atoms with van der Waals surface area (Å²) in [6.45, 7) is 0.251. The van der Waals surface area contributed by atoms with E-state index in [1.807, 2.05) is 0 Å². The van der Waals surface area contributed by atoms with Gasteiger partial charge < -0.3 is 31.9 Å². The second-order valence-electron chi connectivity index (χ2n) is 7.44. The predicted molar refractivity (Wildman–Crippen MR) is 128 cm³/mol. The third-order valence-electron chi connectivity index (χ3n) is 4.85. The van der Waals surface area contributed by atoms with Crippen LogP contribution >= 0.6 is 23.2 Å². The lowest BCUT2D eigenvalue weighted by atomic mass is 10.1. The van der Waals surface area contributed by atoms with Gasteiger partial charge in [-0.1, -0.05) is 23.2 Å². The van der Waals surface area contributed by atoms with E-state index in [9.17, 15) is 19.5 Å². The molecule has 0 unspecified atom stereocenters. The largest absolute Gasteiger partial charge is 0.481 e. The van der Waals surface area contributed by atoms with Crippen LogP contribution in [0.15, 0.2) is 18.3 Å². The number of nitrogens with zero attached hydrogens (tertiary/aromatic N) is 5. The molecule has 7 N–H and O–H groups in total. The molecule has 0 aliphatic carbocycles. The Morgan fingerprint density at radius 2 is 1.77 bits per heavy atom. The van der Waals surface area contributed by atoms with E-state index in [1.54, 1.807) is 11.9 Å². The fourth-order valence-electron chi connectivity index (χ4n) is 3.15. The van der Waals surface area contributed by atoms with E-state index in [1.165, 1.54) is 18.3 Å². The second-order valence-corrected chi connectivity index (χ2v) is 8.25. The number of carboxylic acids is 2. The first-order valence-electron chi connectivity index (χ1n) is 9.96. The van der Waals surface area contributed by atoms with Crippen LogP contribution in [0.3, 0.4) is 0 Å². The van der Waals surface area contributed by atoms with Crippen LogP contribution in [0.2, 0.25) is 10.0 Å². The Kier molecular flexibility index (Phi) is 7.71. The maximum absolute atomic E-state index is 12.6. The van der Waals surface area contributed by atoms with Gasteiger partial charge in [-0.25, -0.2) is 14.8 Å². The molecule has 0 bridgehead atoms. The molecular formula is C20H20Cl2N8O5. The summed E-state index contributed by atoms with van der Waals surface area (Å²) >= 11 is 12.6. The maximum Gasteiger partial charge on any atom is 0.326 e. The average molecular weight is 523 g/mol. The van der Waals surface area contributed by atoms with Crippen molar-refractivity contribution in [2.45, 2.75) is 25.4 Å². The minimum absolute atomic E-state index is 0.0147. The van der Waals surface area contributed by atoms with Crippen LogP contribution in [0, 0.1) is 0 Å². The zero-order valence-corrected chi connectivity index (χ0v) is 19.7. The van der Waals surface area contributed by atoms with Gasteiger partial charge in [0.15, 0.2) is 17.0 Å². The van der Waals surface area contributed by atoms with E-state index in [0.717, 1.165) is 0 Å². The highest BCUT2D eigenvalue weighted by molar-refractivity contribution is 6.40. The molecule has 1 atom stereocenters. The quantitative estimate of drug-likeness (QED) is 0.271. The van der Waals surface area contributed by atoms with Crippen LogP contribution in [-0.4, -0.2) is 61.1 Å². The summed E-state index contributed by atoms with van der Waals surface area (Å²) in [7, 11) is 1.73. The number of carbonyl (C=O) groups is 3. The SMILES string of the molecule is CN(Cc1cnc2nc(N)nc(N)c2n1)c1cc(Cl)c(C(=O)N[C@@H](CCC(=O)O)C(=O)O)c(Cl)c1. The van der Waals surface area contributed by atoms with Gasteiger partial charge in [0, 0.05) is 19.2 Å². The molecule has 0 spiro atoms. The highest BCUT2D eigenvalue weighted by Gasteiger charge is 2.25. The predicted octanol–water partition coefficient (Wildman–Crippen LogP) is 1.58. The molecule has 3 aromatic rings. The molecule has 35 heavy (non-hydrogen) atoms. The number of nitrogens with one attached hydrogen (secondary N) is 1. The molecule has 184 valence electrons. The maximum atomic E-state index is 12.6. The summed E-state index contributed by atoms with van der Waals surface area (Å²) in [5, 5.41) is 20.2. The van der Waals surface area contributed by atoms with Gasteiger partial charge in [-0.05, 0) is 18.6 Å². The molecule has 0 radical (unpaired) electrons. The van der Waals surface area contributed by atoms with E-state index in [4.69, 9.17) is 39.8 Å². The minimum atomic E-state index is -1.42. The Morgan fingerprint density at radius 3 is 2.37 bits per heavy atom. The molecule has 0 saturated carbocycles. The van der Waals surface area contributed by atoms with Crippen molar-refractivity contribution in [3.63, 3.8) is 0 Å². The van der Waals surface area contributed by atoms with Crippen LogP contribution < -0.4 is 21.7 Å². The average Bonchev–Trinajstić information content (AvgIpc) is 2.76. The Bertz CT molecular complexity index is 1300. The first-order chi connectivity index (χ1) is 16.5. The fraction of sp³-hybridized carbons (Fsp3) is 0.250. The molecule has 0 aliphatic rings. The van der Waals surface area contributed by atoms with E-state index < -0.39 is 30.3 Å². The summed E-state index contributed by atoms with van der Waals surface area (Å²) < 4.78 is 0.